The molecule has 1 aliphatic heterocycles. The molecule has 1 N–H and O–H groups in total. The van der Waals surface area contributed by atoms with Gasteiger partial charge in [0.15, 0.2) is 11.5 Å². The van der Waals surface area contributed by atoms with Crippen LogP contribution in [0.3, 0.4) is 0 Å². The second kappa shape index (κ2) is 8.64. The highest BCUT2D eigenvalue weighted by Gasteiger charge is 2.35. The molecule has 3 rings (SSSR count). The van der Waals surface area contributed by atoms with Crippen molar-refractivity contribution in [2.24, 2.45) is 5.92 Å². The average molecular weight is 398 g/mol. The summed E-state index contributed by atoms with van der Waals surface area (Å²) in [5.74, 6) is -0.400. The van der Waals surface area contributed by atoms with E-state index in [0.29, 0.717) is 28.4 Å². The summed E-state index contributed by atoms with van der Waals surface area (Å²) in [6.07, 6.45) is 0.0849. The minimum atomic E-state index is -0.516. The van der Waals surface area contributed by atoms with Gasteiger partial charge in [-0.25, -0.2) is 4.79 Å². The van der Waals surface area contributed by atoms with Crippen molar-refractivity contribution in [1.82, 2.24) is 0 Å². The van der Waals surface area contributed by atoms with E-state index >= 15 is 0 Å². The zero-order chi connectivity index (χ0) is 21.0. The molecule has 2 amide bonds. The highest BCUT2D eigenvalue weighted by atomic mass is 16.5. The van der Waals surface area contributed by atoms with E-state index in [-0.39, 0.29) is 24.8 Å². The summed E-state index contributed by atoms with van der Waals surface area (Å²) in [5.41, 5.74) is 1.45. The Morgan fingerprint density at radius 2 is 1.79 bits per heavy atom. The van der Waals surface area contributed by atoms with E-state index in [1.807, 2.05) is 0 Å². The molecule has 0 radical (unpaired) electrons. The molecule has 0 aromatic heterocycles. The molecule has 1 unspecified atom stereocenters. The van der Waals surface area contributed by atoms with Crippen LogP contribution in [-0.2, 0) is 14.3 Å². The molecule has 8 heteroatoms. The molecule has 2 aromatic rings. The SMILES string of the molecule is COC(=O)c1cccc(N2CC(C(=O)Nc3ccc(OC)c(OC)c3)CC2=O)c1. The summed E-state index contributed by atoms with van der Waals surface area (Å²) in [5, 5.41) is 2.81. The van der Waals surface area contributed by atoms with Gasteiger partial charge in [-0.3, -0.25) is 9.59 Å². The van der Waals surface area contributed by atoms with Gasteiger partial charge in [-0.1, -0.05) is 6.07 Å². The monoisotopic (exact) mass is 398 g/mol. The Balaban J connectivity index is 1.72. The Morgan fingerprint density at radius 1 is 1.03 bits per heavy atom. The standard InChI is InChI=1S/C21H22N2O6/c1-27-17-8-7-15(11-18(17)28-2)22-20(25)14-10-19(24)23(12-14)16-6-4-5-13(9-16)21(26)29-3/h4-9,11,14H,10,12H2,1-3H3,(H,22,25). The van der Waals surface area contributed by atoms with Crippen molar-refractivity contribution < 1.29 is 28.6 Å². The molecule has 1 fully saturated rings. The average Bonchev–Trinajstić information content (AvgIpc) is 3.14. The third kappa shape index (κ3) is 4.31. The van der Waals surface area contributed by atoms with Crippen LogP contribution in [0.4, 0.5) is 11.4 Å². The number of methoxy groups -OCH3 is 3. The van der Waals surface area contributed by atoms with Crippen molar-refractivity contribution in [3.8, 4) is 11.5 Å². The predicted molar refractivity (Wildman–Crippen MR) is 106 cm³/mol. The van der Waals surface area contributed by atoms with E-state index in [1.165, 1.54) is 26.2 Å². The first-order chi connectivity index (χ1) is 14.0. The largest absolute Gasteiger partial charge is 0.493 e. The number of esters is 1. The number of ether oxygens (including phenoxy) is 3. The third-order valence-electron chi connectivity index (χ3n) is 4.73. The summed E-state index contributed by atoms with van der Waals surface area (Å²) in [6, 6.07) is 11.6. The molecule has 1 saturated heterocycles. The fraction of sp³-hybridized carbons (Fsp3) is 0.286. The van der Waals surface area contributed by atoms with E-state index in [9.17, 15) is 14.4 Å². The number of benzene rings is 2. The van der Waals surface area contributed by atoms with E-state index in [1.54, 1.807) is 42.5 Å². The fourth-order valence-corrected chi connectivity index (χ4v) is 3.21. The summed E-state index contributed by atoms with van der Waals surface area (Å²) >= 11 is 0. The maximum absolute atomic E-state index is 12.7. The van der Waals surface area contributed by atoms with Gasteiger partial charge in [0.2, 0.25) is 11.8 Å². The molecular weight excluding hydrogens is 376 g/mol. The number of hydrogen-bond acceptors (Lipinski definition) is 6. The molecule has 2 aromatic carbocycles. The maximum atomic E-state index is 12.7. The molecule has 0 aliphatic carbocycles. The lowest BCUT2D eigenvalue weighted by Gasteiger charge is -2.17. The lowest BCUT2D eigenvalue weighted by Crippen LogP contribution is -2.28. The number of carbonyl (C=O) groups is 3. The number of hydrogen-bond donors (Lipinski definition) is 1. The van der Waals surface area contributed by atoms with Crippen molar-refractivity contribution >= 4 is 29.2 Å². The number of rotatable bonds is 6. The minimum absolute atomic E-state index is 0.0849. The maximum Gasteiger partial charge on any atom is 0.337 e. The molecule has 0 bridgehead atoms. The van der Waals surface area contributed by atoms with E-state index in [0.717, 1.165) is 0 Å². The zero-order valence-electron chi connectivity index (χ0n) is 16.4. The van der Waals surface area contributed by atoms with Crippen LogP contribution in [0, 0.1) is 5.92 Å². The van der Waals surface area contributed by atoms with E-state index in [2.05, 4.69) is 5.32 Å². The normalized spacial score (nSPS) is 15.8. The van der Waals surface area contributed by atoms with Gasteiger partial charge in [-0.15, -0.1) is 0 Å². The van der Waals surface area contributed by atoms with Crippen molar-refractivity contribution in [2.45, 2.75) is 6.42 Å². The van der Waals surface area contributed by atoms with Gasteiger partial charge in [-0.2, -0.15) is 0 Å². The molecule has 1 aliphatic rings. The molecule has 0 spiro atoms. The third-order valence-corrected chi connectivity index (χ3v) is 4.73. The number of anilines is 2. The highest BCUT2D eigenvalue weighted by molar-refractivity contribution is 6.04. The fourth-order valence-electron chi connectivity index (χ4n) is 3.21. The van der Waals surface area contributed by atoms with Gasteiger partial charge in [0.25, 0.3) is 0 Å². The number of amides is 2. The first-order valence-corrected chi connectivity index (χ1v) is 8.98. The van der Waals surface area contributed by atoms with E-state index < -0.39 is 11.9 Å². The summed E-state index contributed by atoms with van der Waals surface area (Å²) < 4.78 is 15.1. The van der Waals surface area contributed by atoms with E-state index in [4.69, 9.17) is 14.2 Å². The van der Waals surface area contributed by atoms with Gasteiger partial charge in [0.1, 0.15) is 0 Å². The number of nitrogens with zero attached hydrogens (tertiary/aromatic N) is 1. The van der Waals surface area contributed by atoms with Crippen LogP contribution in [0.1, 0.15) is 16.8 Å². The molecule has 1 heterocycles. The zero-order valence-corrected chi connectivity index (χ0v) is 16.4. The van der Waals surface area contributed by atoms with Gasteiger partial charge in [-0.05, 0) is 30.3 Å². The quantitative estimate of drug-likeness (QED) is 0.752. The first-order valence-electron chi connectivity index (χ1n) is 8.98. The summed E-state index contributed by atoms with van der Waals surface area (Å²) in [4.78, 5) is 38.4. The van der Waals surface area contributed by atoms with Crippen LogP contribution in [0.2, 0.25) is 0 Å². The topological polar surface area (TPSA) is 94.2 Å². The van der Waals surface area contributed by atoms with Crippen molar-refractivity contribution in [3.05, 3.63) is 48.0 Å². The van der Waals surface area contributed by atoms with Gasteiger partial charge in [0, 0.05) is 30.4 Å². The number of carbonyl (C=O) groups excluding carboxylic acids is 3. The van der Waals surface area contributed by atoms with Gasteiger partial charge < -0.3 is 24.4 Å². The summed E-state index contributed by atoms with van der Waals surface area (Å²) in [6.45, 7) is 0.225. The number of nitrogens with one attached hydrogen (secondary N) is 1. The molecule has 8 nitrogen and oxygen atoms in total. The van der Waals surface area contributed by atoms with Crippen LogP contribution >= 0.6 is 0 Å². The van der Waals surface area contributed by atoms with Crippen molar-refractivity contribution in [1.29, 1.82) is 0 Å². The Bertz CT molecular complexity index is 943. The lowest BCUT2D eigenvalue weighted by molar-refractivity contribution is -0.122. The molecule has 29 heavy (non-hydrogen) atoms. The Morgan fingerprint density at radius 3 is 2.48 bits per heavy atom. The smallest absolute Gasteiger partial charge is 0.337 e. The molecular formula is C21H22N2O6. The van der Waals surface area contributed by atoms with Crippen LogP contribution in [0.15, 0.2) is 42.5 Å². The van der Waals surface area contributed by atoms with Crippen molar-refractivity contribution in [2.75, 3.05) is 38.1 Å². The highest BCUT2D eigenvalue weighted by Crippen LogP contribution is 2.31. The molecule has 152 valence electrons. The predicted octanol–water partition coefficient (Wildman–Crippen LogP) is 2.48. The van der Waals surface area contributed by atoms with Crippen LogP contribution < -0.4 is 19.7 Å². The Kier molecular flexibility index (Phi) is 6.01. The Labute approximate surface area is 168 Å². The van der Waals surface area contributed by atoms with Crippen LogP contribution in [0.25, 0.3) is 0 Å². The second-order valence-electron chi connectivity index (χ2n) is 6.51. The molecule has 1 atom stereocenters. The van der Waals surface area contributed by atoms with Crippen LogP contribution in [0.5, 0.6) is 11.5 Å². The first kappa shape index (κ1) is 20.2. The summed E-state index contributed by atoms with van der Waals surface area (Å²) in [7, 11) is 4.34. The van der Waals surface area contributed by atoms with Gasteiger partial charge >= 0.3 is 5.97 Å². The van der Waals surface area contributed by atoms with Gasteiger partial charge in [0.05, 0.1) is 32.8 Å². The molecule has 0 saturated carbocycles. The lowest BCUT2D eigenvalue weighted by atomic mass is 10.1. The van der Waals surface area contributed by atoms with Crippen LogP contribution in [-0.4, -0.2) is 45.7 Å². The van der Waals surface area contributed by atoms with Crippen molar-refractivity contribution in [3.63, 3.8) is 0 Å². The second-order valence-corrected chi connectivity index (χ2v) is 6.51. The minimum Gasteiger partial charge on any atom is -0.493 e. The Hall–Kier alpha value is -3.55.